The predicted octanol–water partition coefficient (Wildman–Crippen LogP) is 2.75. The molecule has 9 heteroatoms. The molecule has 0 saturated heterocycles. The van der Waals surface area contributed by atoms with Gasteiger partial charge in [0.2, 0.25) is 11.8 Å². The fourth-order valence-corrected chi connectivity index (χ4v) is 3.43. The van der Waals surface area contributed by atoms with Crippen molar-refractivity contribution in [3.63, 3.8) is 0 Å². The Morgan fingerprint density at radius 1 is 1.25 bits per heavy atom. The summed E-state index contributed by atoms with van der Waals surface area (Å²) in [7, 11) is 0. The smallest absolute Gasteiger partial charge is 0.254 e. The van der Waals surface area contributed by atoms with Crippen molar-refractivity contribution >= 4 is 11.8 Å². The Hall–Kier alpha value is -2.84. The van der Waals surface area contributed by atoms with Crippen molar-refractivity contribution in [1.29, 1.82) is 0 Å². The van der Waals surface area contributed by atoms with Crippen LogP contribution in [0.5, 0.6) is 0 Å². The van der Waals surface area contributed by atoms with Crippen LogP contribution in [0.15, 0.2) is 22.7 Å². The number of hydrogen-bond acceptors (Lipinski definition) is 5. The van der Waals surface area contributed by atoms with E-state index in [-0.39, 0.29) is 24.4 Å². The number of aromatic nitrogens is 2. The molecular weight excluding hydrogens is 370 g/mol. The molecule has 0 aliphatic heterocycles. The van der Waals surface area contributed by atoms with Crippen LogP contribution in [0.1, 0.15) is 60.6 Å². The first-order valence-corrected chi connectivity index (χ1v) is 9.25. The minimum Gasteiger partial charge on any atom is -0.352 e. The van der Waals surface area contributed by atoms with Crippen LogP contribution in [0.2, 0.25) is 0 Å². The molecule has 1 fully saturated rings. The molecule has 2 amide bonds. The molecule has 2 N–H and O–H groups in total. The minimum atomic E-state index is -0.922. The third-order valence-corrected chi connectivity index (χ3v) is 4.83. The van der Waals surface area contributed by atoms with Gasteiger partial charge in [-0.3, -0.25) is 9.59 Å². The second kappa shape index (κ2) is 8.45. The summed E-state index contributed by atoms with van der Waals surface area (Å²) < 4.78 is 31.5. The molecule has 0 spiro atoms. The Labute approximate surface area is 160 Å². The summed E-state index contributed by atoms with van der Waals surface area (Å²) in [5.74, 6) is -1.54. The van der Waals surface area contributed by atoms with Gasteiger partial charge >= 0.3 is 0 Å². The van der Waals surface area contributed by atoms with Crippen LogP contribution < -0.4 is 10.6 Å². The van der Waals surface area contributed by atoms with Gasteiger partial charge in [0.1, 0.15) is 17.2 Å². The van der Waals surface area contributed by atoms with E-state index in [1.54, 1.807) is 6.92 Å². The van der Waals surface area contributed by atoms with Crippen LogP contribution in [-0.2, 0) is 10.3 Å². The summed E-state index contributed by atoms with van der Waals surface area (Å²) in [6.07, 6.45) is 3.99. The lowest BCUT2D eigenvalue weighted by molar-refractivity contribution is -0.123. The first kappa shape index (κ1) is 19.9. The number of amides is 2. The lowest BCUT2D eigenvalue weighted by Gasteiger charge is -2.26. The fourth-order valence-electron chi connectivity index (χ4n) is 3.43. The lowest BCUT2D eigenvalue weighted by atomic mass is 9.96. The van der Waals surface area contributed by atoms with E-state index >= 15 is 0 Å². The number of aryl methyl sites for hydroxylation is 1. The Morgan fingerprint density at radius 3 is 2.64 bits per heavy atom. The summed E-state index contributed by atoms with van der Waals surface area (Å²) in [6.45, 7) is 1.89. The molecule has 1 heterocycles. The predicted molar refractivity (Wildman–Crippen MR) is 95.2 cm³/mol. The third-order valence-electron chi connectivity index (χ3n) is 4.83. The number of halogens is 2. The first-order valence-electron chi connectivity index (χ1n) is 9.25. The topological polar surface area (TPSA) is 97.1 Å². The molecule has 0 unspecified atom stereocenters. The normalized spacial score (nSPS) is 15.4. The molecule has 0 radical (unpaired) electrons. The first-order chi connectivity index (χ1) is 13.4. The average molecular weight is 392 g/mol. The van der Waals surface area contributed by atoms with E-state index in [1.165, 1.54) is 0 Å². The Kier molecular flexibility index (Phi) is 6.01. The van der Waals surface area contributed by atoms with Crippen molar-refractivity contribution in [3.8, 4) is 0 Å². The van der Waals surface area contributed by atoms with Crippen LogP contribution in [0.4, 0.5) is 8.78 Å². The van der Waals surface area contributed by atoms with Crippen LogP contribution in [0.25, 0.3) is 0 Å². The molecule has 1 aliphatic rings. The van der Waals surface area contributed by atoms with Crippen molar-refractivity contribution in [2.75, 3.05) is 6.54 Å². The van der Waals surface area contributed by atoms with Crippen LogP contribution in [0.3, 0.4) is 0 Å². The zero-order chi connectivity index (χ0) is 20.1. The fraction of sp³-hybridized carbons (Fsp3) is 0.474. The molecule has 0 atom stereocenters. The van der Waals surface area contributed by atoms with Gasteiger partial charge in [0.05, 0.1) is 5.56 Å². The summed E-state index contributed by atoms with van der Waals surface area (Å²) in [5, 5.41) is 9.52. The van der Waals surface area contributed by atoms with Gasteiger partial charge in [0.25, 0.3) is 5.91 Å². The molecule has 7 nitrogen and oxygen atoms in total. The highest BCUT2D eigenvalue weighted by atomic mass is 19.1. The number of carbonyl (C=O) groups is 2. The maximum Gasteiger partial charge on any atom is 0.254 e. The number of nitrogens with one attached hydrogen (secondary N) is 2. The van der Waals surface area contributed by atoms with Gasteiger partial charge in [-0.25, -0.2) is 8.78 Å². The molecule has 1 aliphatic carbocycles. The maximum atomic E-state index is 13.6. The molecule has 1 aromatic heterocycles. The molecule has 1 saturated carbocycles. The van der Waals surface area contributed by atoms with Crippen molar-refractivity contribution in [2.45, 2.75) is 51.0 Å². The zero-order valence-electron chi connectivity index (χ0n) is 15.6. The zero-order valence-corrected chi connectivity index (χ0v) is 15.6. The van der Waals surface area contributed by atoms with E-state index in [1.807, 2.05) is 0 Å². The van der Waals surface area contributed by atoms with Gasteiger partial charge in [-0.15, -0.1) is 0 Å². The minimum absolute atomic E-state index is 0.174. The number of benzene rings is 1. The van der Waals surface area contributed by atoms with Gasteiger partial charge < -0.3 is 15.2 Å². The molecule has 0 bridgehead atoms. The van der Waals surface area contributed by atoms with Crippen LogP contribution in [-0.4, -0.2) is 28.5 Å². The van der Waals surface area contributed by atoms with Gasteiger partial charge in [-0.2, -0.15) is 4.98 Å². The largest absolute Gasteiger partial charge is 0.352 e. The number of carbonyl (C=O) groups excluding carboxylic acids is 2. The molecule has 3 rings (SSSR count). The maximum absolute atomic E-state index is 13.6. The van der Waals surface area contributed by atoms with Crippen LogP contribution in [0, 0.1) is 18.6 Å². The Bertz CT molecular complexity index is 863. The van der Waals surface area contributed by atoms with Gasteiger partial charge in [-0.05, 0) is 31.4 Å². The highest BCUT2D eigenvalue weighted by molar-refractivity contribution is 5.94. The van der Waals surface area contributed by atoms with E-state index in [0.717, 1.165) is 37.8 Å². The van der Waals surface area contributed by atoms with Gasteiger partial charge in [0.15, 0.2) is 5.82 Å². The summed E-state index contributed by atoms with van der Waals surface area (Å²) in [4.78, 5) is 28.6. The van der Waals surface area contributed by atoms with E-state index in [0.29, 0.717) is 24.2 Å². The molecule has 1 aromatic carbocycles. The summed E-state index contributed by atoms with van der Waals surface area (Å²) in [6, 6.07) is 2.76. The third kappa shape index (κ3) is 4.52. The van der Waals surface area contributed by atoms with Gasteiger partial charge in [0, 0.05) is 26.0 Å². The quantitative estimate of drug-likeness (QED) is 0.706. The summed E-state index contributed by atoms with van der Waals surface area (Å²) in [5.41, 5.74) is -0.835. The number of nitrogens with zero attached hydrogens (tertiary/aromatic N) is 2. The summed E-state index contributed by atoms with van der Waals surface area (Å²) >= 11 is 0. The van der Waals surface area contributed by atoms with Crippen LogP contribution >= 0.6 is 0 Å². The lowest BCUT2D eigenvalue weighted by Crippen LogP contribution is -2.44. The van der Waals surface area contributed by atoms with E-state index in [2.05, 4.69) is 20.8 Å². The highest BCUT2D eigenvalue weighted by Gasteiger charge is 2.41. The molecule has 2 aromatic rings. The molecule has 150 valence electrons. The second-order valence-corrected chi connectivity index (χ2v) is 6.96. The van der Waals surface area contributed by atoms with E-state index in [4.69, 9.17) is 4.52 Å². The Morgan fingerprint density at radius 2 is 2.00 bits per heavy atom. The second-order valence-electron chi connectivity index (χ2n) is 6.96. The van der Waals surface area contributed by atoms with Crippen molar-refractivity contribution in [3.05, 3.63) is 47.1 Å². The molecule has 28 heavy (non-hydrogen) atoms. The molecular formula is C19H22F2N4O3. The van der Waals surface area contributed by atoms with Crippen molar-refractivity contribution in [2.24, 2.45) is 0 Å². The monoisotopic (exact) mass is 392 g/mol. The van der Waals surface area contributed by atoms with Crippen molar-refractivity contribution < 1.29 is 22.9 Å². The standard InChI is InChI=1S/C19H22F2N4O3/c1-12-23-18(25-28-12)19(8-2-3-9-19)24-16(26)5-4-10-22-17(27)14-7-6-13(20)11-15(14)21/h6-7,11H,2-5,8-10H2,1H3,(H,22,27)(H,24,26). The van der Waals surface area contributed by atoms with E-state index in [9.17, 15) is 18.4 Å². The highest BCUT2D eigenvalue weighted by Crippen LogP contribution is 2.37. The average Bonchev–Trinajstić information content (AvgIpc) is 3.28. The Balaban J connectivity index is 1.48. The van der Waals surface area contributed by atoms with E-state index < -0.39 is 23.1 Å². The number of hydrogen-bond donors (Lipinski definition) is 2. The van der Waals surface area contributed by atoms with Gasteiger partial charge in [-0.1, -0.05) is 18.0 Å². The SMILES string of the molecule is Cc1nc(C2(NC(=O)CCCNC(=O)c3ccc(F)cc3F)CCCC2)no1. The van der Waals surface area contributed by atoms with Crippen molar-refractivity contribution in [1.82, 2.24) is 20.8 Å². The number of rotatable bonds is 7.